The molecule has 1 heterocycles. The summed E-state index contributed by atoms with van der Waals surface area (Å²) in [5, 5.41) is 11.1. The van der Waals surface area contributed by atoms with Crippen LogP contribution < -0.4 is 11.1 Å². The third-order valence-corrected chi connectivity index (χ3v) is 4.77. The second-order valence-electron chi connectivity index (χ2n) is 5.94. The second kappa shape index (κ2) is 7.81. The zero-order valence-electron chi connectivity index (χ0n) is 13.7. The van der Waals surface area contributed by atoms with Crippen LogP contribution in [0.1, 0.15) is 31.0 Å². The number of hydrogen-bond donors (Lipinski definition) is 2. The molecule has 1 aromatic carbocycles. The number of nitrogens with two attached hydrogens (primary N) is 1. The first kappa shape index (κ1) is 18.3. The summed E-state index contributed by atoms with van der Waals surface area (Å²) in [6, 6.07) is 2.92. The summed E-state index contributed by atoms with van der Waals surface area (Å²) in [7, 11) is 0. The summed E-state index contributed by atoms with van der Waals surface area (Å²) in [5.74, 6) is -1.37. The van der Waals surface area contributed by atoms with Crippen LogP contribution in [-0.2, 0) is 16.1 Å². The molecule has 26 heavy (non-hydrogen) atoms. The average Bonchev–Trinajstić information content (AvgIpc) is 3.34. The van der Waals surface area contributed by atoms with E-state index in [9.17, 15) is 18.4 Å². The Labute approximate surface area is 152 Å². The van der Waals surface area contributed by atoms with Crippen LogP contribution in [0.4, 0.5) is 14.5 Å². The highest BCUT2D eigenvalue weighted by molar-refractivity contribution is 7.99. The van der Waals surface area contributed by atoms with Crippen molar-refractivity contribution in [3.05, 3.63) is 35.7 Å². The van der Waals surface area contributed by atoms with Crippen molar-refractivity contribution in [1.29, 1.82) is 0 Å². The molecule has 1 aliphatic rings. The van der Waals surface area contributed by atoms with E-state index in [0.717, 1.165) is 42.6 Å². The average molecular weight is 381 g/mol. The smallest absolute Gasteiger partial charge is 0.234 e. The van der Waals surface area contributed by atoms with Gasteiger partial charge in [-0.1, -0.05) is 11.8 Å². The van der Waals surface area contributed by atoms with E-state index in [0.29, 0.717) is 23.7 Å². The Kier molecular flexibility index (Phi) is 5.50. The van der Waals surface area contributed by atoms with Crippen LogP contribution in [0.15, 0.2) is 23.4 Å². The predicted molar refractivity (Wildman–Crippen MR) is 91.5 cm³/mol. The van der Waals surface area contributed by atoms with Crippen LogP contribution >= 0.6 is 11.8 Å². The number of thioether (sulfide) groups is 1. The van der Waals surface area contributed by atoms with E-state index in [2.05, 4.69) is 15.5 Å². The number of carbonyl (C=O) groups is 2. The molecular formula is C16H17F2N5O2S. The summed E-state index contributed by atoms with van der Waals surface area (Å²) in [6.45, 7) is 0.352. The molecule has 0 saturated heterocycles. The molecule has 1 aromatic heterocycles. The lowest BCUT2D eigenvalue weighted by Crippen LogP contribution is -2.17. The van der Waals surface area contributed by atoms with Gasteiger partial charge in [-0.2, -0.15) is 0 Å². The Morgan fingerprint density at radius 3 is 2.73 bits per heavy atom. The van der Waals surface area contributed by atoms with Crippen LogP contribution in [0.3, 0.4) is 0 Å². The molecule has 1 saturated carbocycles. The fourth-order valence-electron chi connectivity index (χ4n) is 2.39. The van der Waals surface area contributed by atoms with E-state index in [-0.39, 0.29) is 17.9 Å². The Bertz CT molecular complexity index is 838. The maximum Gasteiger partial charge on any atom is 0.234 e. The molecule has 0 atom stereocenters. The van der Waals surface area contributed by atoms with Gasteiger partial charge >= 0.3 is 0 Å². The topological polar surface area (TPSA) is 103 Å². The van der Waals surface area contributed by atoms with E-state index in [1.807, 2.05) is 0 Å². The number of nitrogens with zero attached hydrogens (tertiary/aromatic N) is 3. The van der Waals surface area contributed by atoms with Gasteiger partial charge in [0.15, 0.2) is 5.16 Å². The highest BCUT2D eigenvalue weighted by Gasteiger charge is 2.30. The number of aromatic nitrogens is 3. The first-order chi connectivity index (χ1) is 12.4. The minimum Gasteiger partial charge on any atom is -0.370 e. The molecule has 0 radical (unpaired) electrons. The number of anilines is 1. The fourth-order valence-corrected chi connectivity index (χ4v) is 3.16. The number of benzene rings is 1. The molecule has 0 spiro atoms. The molecule has 2 amide bonds. The second-order valence-corrected chi connectivity index (χ2v) is 6.89. The molecule has 10 heteroatoms. The molecule has 3 rings (SSSR count). The van der Waals surface area contributed by atoms with Gasteiger partial charge in [0.05, 0.1) is 11.4 Å². The summed E-state index contributed by atoms with van der Waals surface area (Å²) in [5.41, 5.74) is 5.12. The standard InChI is InChI=1S/C16H17F2N5O2S/c17-10-3-4-12(11(18)7-10)20-14(25)8-26-16-22-21-15(9-1-2-9)23(16)6-5-13(19)24/h3-4,7,9H,1-2,5-6,8H2,(H2,19,24)(H,20,25). The normalized spacial score (nSPS) is 13.6. The number of primary amides is 1. The van der Waals surface area contributed by atoms with Gasteiger partial charge in [0.2, 0.25) is 11.8 Å². The lowest BCUT2D eigenvalue weighted by atomic mass is 10.3. The van der Waals surface area contributed by atoms with E-state index >= 15 is 0 Å². The number of amides is 2. The van der Waals surface area contributed by atoms with Gasteiger partial charge in [-0.15, -0.1) is 10.2 Å². The molecule has 1 aliphatic carbocycles. The lowest BCUT2D eigenvalue weighted by Gasteiger charge is -2.09. The monoisotopic (exact) mass is 381 g/mol. The van der Waals surface area contributed by atoms with Crippen molar-refractivity contribution in [3.63, 3.8) is 0 Å². The summed E-state index contributed by atoms with van der Waals surface area (Å²) in [6.07, 6.45) is 2.19. The van der Waals surface area contributed by atoms with Gasteiger partial charge in [0.1, 0.15) is 17.5 Å². The van der Waals surface area contributed by atoms with Gasteiger partial charge in [-0.05, 0) is 25.0 Å². The number of halogens is 2. The molecule has 0 aliphatic heterocycles. The van der Waals surface area contributed by atoms with Crippen molar-refractivity contribution in [2.45, 2.75) is 36.9 Å². The van der Waals surface area contributed by atoms with Crippen LogP contribution in [0.5, 0.6) is 0 Å². The van der Waals surface area contributed by atoms with Crippen LogP contribution in [0, 0.1) is 11.6 Å². The Balaban J connectivity index is 1.63. The maximum atomic E-state index is 13.6. The zero-order chi connectivity index (χ0) is 18.7. The van der Waals surface area contributed by atoms with Crippen molar-refractivity contribution < 1.29 is 18.4 Å². The van der Waals surface area contributed by atoms with Gasteiger partial charge in [-0.25, -0.2) is 8.78 Å². The van der Waals surface area contributed by atoms with Gasteiger partial charge in [0, 0.05) is 24.9 Å². The highest BCUT2D eigenvalue weighted by atomic mass is 32.2. The molecule has 0 bridgehead atoms. The molecule has 2 aromatic rings. The highest BCUT2D eigenvalue weighted by Crippen LogP contribution is 2.40. The van der Waals surface area contributed by atoms with E-state index in [1.54, 1.807) is 4.57 Å². The number of rotatable bonds is 8. The van der Waals surface area contributed by atoms with Gasteiger partial charge in [0.25, 0.3) is 0 Å². The first-order valence-electron chi connectivity index (χ1n) is 8.03. The van der Waals surface area contributed by atoms with E-state index in [4.69, 9.17) is 5.73 Å². The summed E-state index contributed by atoms with van der Waals surface area (Å²) in [4.78, 5) is 23.1. The minimum absolute atomic E-state index is 0.0316. The van der Waals surface area contributed by atoms with Gasteiger partial charge < -0.3 is 15.6 Å². The predicted octanol–water partition coefficient (Wildman–Crippen LogP) is 2.04. The molecule has 3 N–H and O–H groups in total. The number of carbonyl (C=O) groups excluding carboxylic acids is 2. The Morgan fingerprint density at radius 2 is 2.08 bits per heavy atom. The summed E-state index contributed by atoms with van der Waals surface area (Å²) >= 11 is 1.13. The zero-order valence-corrected chi connectivity index (χ0v) is 14.6. The molecule has 1 fully saturated rings. The minimum atomic E-state index is -0.844. The Hall–Kier alpha value is -2.49. The first-order valence-corrected chi connectivity index (χ1v) is 9.01. The van der Waals surface area contributed by atoms with Crippen molar-refractivity contribution in [2.24, 2.45) is 5.73 Å². The van der Waals surface area contributed by atoms with Gasteiger partial charge in [-0.3, -0.25) is 9.59 Å². The number of nitrogens with one attached hydrogen (secondary N) is 1. The molecule has 0 unspecified atom stereocenters. The van der Waals surface area contributed by atoms with Crippen LogP contribution in [0.25, 0.3) is 0 Å². The summed E-state index contributed by atoms with van der Waals surface area (Å²) < 4.78 is 28.3. The van der Waals surface area contributed by atoms with Crippen LogP contribution in [0.2, 0.25) is 0 Å². The van der Waals surface area contributed by atoms with Crippen LogP contribution in [-0.4, -0.2) is 32.3 Å². The number of hydrogen-bond acceptors (Lipinski definition) is 5. The SMILES string of the molecule is NC(=O)CCn1c(SCC(=O)Nc2ccc(F)cc2F)nnc1C1CC1. The molecule has 138 valence electrons. The fraction of sp³-hybridized carbons (Fsp3) is 0.375. The molecular weight excluding hydrogens is 364 g/mol. The van der Waals surface area contributed by atoms with Crippen molar-refractivity contribution >= 4 is 29.3 Å². The lowest BCUT2D eigenvalue weighted by molar-refractivity contribution is -0.118. The largest absolute Gasteiger partial charge is 0.370 e. The van der Waals surface area contributed by atoms with E-state index < -0.39 is 23.4 Å². The third kappa shape index (κ3) is 4.57. The Morgan fingerprint density at radius 1 is 1.31 bits per heavy atom. The quantitative estimate of drug-likeness (QED) is 0.681. The van der Waals surface area contributed by atoms with Crippen molar-refractivity contribution in [3.8, 4) is 0 Å². The van der Waals surface area contributed by atoms with Crippen molar-refractivity contribution in [1.82, 2.24) is 14.8 Å². The maximum absolute atomic E-state index is 13.6. The van der Waals surface area contributed by atoms with Crippen molar-refractivity contribution in [2.75, 3.05) is 11.1 Å². The molecule has 7 nitrogen and oxygen atoms in total. The third-order valence-electron chi connectivity index (χ3n) is 3.81. The van der Waals surface area contributed by atoms with E-state index in [1.165, 1.54) is 0 Å².